The Morgan fingerprint density at radius 1 is 0.871 bits per heavy atom. The highest BCUT2D eigenvalue weighted by Gasteiger charge is 2.07. The third kappa shape index (κ3) is 7.51. The van der Waals surface area contributed by atoms with Crippen molar-refractivity contribution in [2.24, 2.45) is 0 Å². The summed E-state index contributed by atoms with van der Waals surface area (Å²) in [5.74, 6) is -0.0902. The largest absolute Gasteiger partial charge is 0.322 e. The standard InChI is InChI=1S/C26H31N3OS/c1-4-5-6-7-8-9-21-10-12-22(13-11-21)25(30)29-23-14-16-24(17-15-23)31-26-27-19(2)18-20(3)28-26/h10-18H,4-9H2,1-3H3,(H,29,30). The average Bonchev–Trinajstić information content (AvgIpc) is 2.75. The van der Waals surface area contributed by atoms with Crippen LogP contribution in [-0.4, -0.2) is 15.9 Å². The van der Waals surface area contributed by atoms with E-state index in [1.165, 1.54) is 49.4 Å². The molecule has 1 N–H and O–H groups in total. The van der Waals surface area contributed by atoms with Crippen molar-refractivity contribution in [1.29, 1.82) is 0 Å². The van der Waals surface area contributed by atoms with E-state index in [0.29, 0.717) is 5.56 Å². The van der Waals surface area contributed by atoms with Crippen molar-refractivity contribution in [1.82, 2.24) is 9.97 Å². The second kappa shape index (κ2) is 11.7. The Balaban J connectivity index is 1.52. The Bertz CT molecular complexity index is 964. The summed E-state index contributed by atoms with van der Waals surface area (Å²) in [7, 11) is 0. The van der Waals surface area contributed by atoms with E-state index in [4.69, 9.17) is 0 Å². The molecule has 1 amide bonds. The minimum Gasteiger partial charge on any atom is -0.322 e. The number of anilines is 1. The van der Waals surface area contributed by atoms with Crippen molar-refractivity contribution in [3.05, 3.63) is 77.1 Å². The summed E-state index contributed by atoms with van der Waals surface area (Å²) >= 11 is 1.52. The number of nitrogens with zero attached hydrogens (tertiary/aromatic N) is 2. The highest BCUT2D eigenvalue weighted by Crippen LogP contribution is 2.26. The molecule has 2 aromatic carbocycles. The van der Waals surface area contributed by atoms with Gasteiger partial charge in [0, 0.05) is 27.5 Å². The fourth-order valence-electron chi connectivity index (χ4n) is 3.41. The quantitative estimate of drug-likeness (QED) is 0.276. The zero-order valence-electron chi connectivity index (χ0n) is 18.6. The van der Waals surface area contributed by atoms with Crippen molar-refractivity contribution in [3.8, 4) is 0 Å². The van der Waals surface area contributed by atoms with Gasteiger partial charge in [0.25, 0.3) is 5.91 Å². The summed E-state index contributed by atoms with van der Waals surface area (Å²) in [6.45, 7) is 6.17. The number of nitrogens with one attached hydrogen (secondary N) is 1. The van der Waals surface area contributed by atoms with Crippen molar-refractivity contribution >= 4 is 23.4 Å². The highest BCUT2D eigenvalue weighted by molar-refractivity contribution is 7.99. The molecule has 3 aromatic rings. The molecule has 0 saturated heterocycles. The van der Waals surface area contributed by atoms with Crippen molar-refractivity contribution in [3.63, 3.8) is 0 Å². The molecule has 0 atom stereocenters. The SMILES string of the molecule is CCCCCCCc1ccc(C(=O)Nc2ccc(Sc3nc(C)cc(C)n3)cc2)cc1. The Morgan fingerprint density at radius 2 is 1.52 bits per heavy atom. The monoisotopic (exact) mass is 433 g/mol. The third-order valence-electron chi connectivity index (χ3n) is 5.07. The first-order valence-electron chi connectivity index (χ1n) is 11.0. The van der Waals surface area contributed by atoms with E-state index >= 15 is 0 Å². The molecule has 0 aliphatic heterocycles. The molecule has 5 heteroatoms. The third-order valence-corrected chi connectivity index (χ3v) is 5.94. The van der Waals surface area contributed by atoms with Crippen LogP contribution >= 0.6 is 11.8 Å². The maximum Gasteiger partial charge on any atom is 0.255 e. The number of hydrogen-bond donors (Lipinski definition) is 1. The van der Waals surface area contributed by atoms with Crippen molar-refractivity contribution in [2.45, 2.75) is 69.3 Å². The van der Waals surface area contributed by atoms with Gasteiger partial charge in [-0.15, -0.1) is 0 Å². The number of unbranched alkanes of at least 4 members (excludes halogenated alkanes) is 4. The van der Waals surface area contributed by atoms with E-state index in [9.17, 15) is 4.79 Å². The fraction of sp³-hybridized carbons (Fsp3) is 0.346. The van der Waals surface area contributed by atoms with Crippen LogP contribution in [0.1, 0.15) is 66.3 Å². The summed E-state index contributed by atoms with van der Waals surface area (Å²) in [4.78, 5) is 22.5. The maximum absolute atomic E-state index is 12.6. The minimum absolute atomic E-state index is 0.0902. The van der Waals surface area contributed by atoms with Crippen LogP contribution in [0, 0.1) is 13.8 Å². The molecule has 0 aliphatic carbocycles. The zero-order valence-corrected chi connectivity index (χ0v) is 19.5. The first kappa shape index (κ1) is 23.0. The molecule has 0 bridgehead atoms. The number of amides is 1. The van der Waals surface area contributed by atoms with E-state index in [0.717, 1.165) is 33.5 Å². The lowest BCUT2D eigenvalue weighted by Gasteiger charge is -2.08. The number of carbonyl (C=O) groups excluding carboxylic acids is 1. The normalized spacial score (nSPS) is 10.8. The molecule has 1 heterocycles. The number of aromatic nitrogens is 2. The van der Waals surface area contributed by atoms with Gasteiger partial charge in [0.15, 0.2) is 5.16 Å². The Kier molecular flexibility index (Phi) is 8.65. The van der Waals surface area contributed by atoms with E-state index in [2.05, 4.69) is 34.3 Å². The second-order valence-electron chi connectivity index (χ2n) is 7.87. The van der Waals surface area contributed by atoms with Gasteiger partial charge in [0.2, 0.25) is 0 Å². The van der Waals surface area contributed by atoms with Gasteiger partial charge in [-0.1, -0.05) is 44.7 Å². The lowest BCUT2D eigenvalue weighted by Crippen LogP contribution is -2.11. The van der Waals surface area contributed by atoms with Crippen molar-refractivity contribution in [2.75, 3.05) is 5.32 Å². The summed E-state index contributed by atoms with van der Waals surface area (Å²) in [5.41, 5.74) is 4.67. The second-order valence-corrected chi connectivity index (χ2v) is 8.92. The predicted octanol–water partition coefficient (Wildman–Crippen LogP) is 7.01. The molecule has 162 valence electrons. The van der Waals surface area contributed by atoms with Crippen LogP contribution in [0.2, 0.25) is 0 Å². The lowest BCUT2D eigenvalue weighted by molar-refractivity contribution is 0.102. The molecule has 1 aromatic heterocycles. The van der Waals surface area contributed by atoms with Gasteiger partial charge in [-0.25, -0.2) is 9.97 Å². The van der Waals surface area contributed by atoms with Crippen LogP contribution in [0.3, 0.4) is 0 Å². The molecular weight excluding hydrogens is 402 g/mol. The van der Waals surface area contributed by atoms with E-state index in [1.807, 2.05) is 56.3 Å². The number of aryl methyl sites for hydroxylation is 3. The molecule has 0 radical (unpaired) electrons. The number of hydrogen-bond acceptors (Lipinski definition) is 4. The Morgan fingerprint density at radius 3 is 2.16 bits per heavy atom. The molecule has 0 saturated carbocycles. The average molecular weight is 434 g/mol. The number of carbonyl (C=O) groups is 1. The van der Waals surface area contributed by atoms with Gasteiger partial charge in [-0.3, -0.25) is 4.79 Å². The highest BCUT2D eigenvalue weighted by atomic mass is 32.2. The van der Waals surface area contributed by atoms with Crippen LogP contribution in [-0.2, 0) is 6.42 Å². The molecule has 0 unspecified atom stereocenters. The summed E-state index contributed by atoms with van der Waals surface area (Å²) < 4.78 is 0. The number of benzene rings is 2. The van der Waals surface area contributed by atoms with Gasteiger partial charge in [-0.05, 0) is 86.5 Å². The van der Waals surface area contributed by atoms with Crippen molar-refractivity contribution < 1.29 is 4.79 Å². The van der Waals surface area contributed by atoms with Gasteiger partial charge in [-0.2, -0.15) is 0 Å². The minimum atomic E-state index is -0.0902. The summed E-state index contributed by atoms with van der Waals surface area (Å²) in [5, 5.41) is 3.71. The molecule has 3 rings (SSSR count). The van der Waals surface area contributed by atoms with E-state index in [-0.39, 0.29) is 5.91 Å². The Labute approximate surface area is 189 Å². The maximum atomic E-state index is 12.6. The topological polar surface area (TPSA) is 54.9 Å². The number of rotatable bonds is 10. The van der Waals surface area contributed by atoms with E-state index in [1.54, 1.807) is 0 Å². The molecular formula is C26H31N3OS. The van der Waals surface area contributed by atoms with Crippen LogP contribution in [0.15, 0.2) is 64.6 Å². The first-order chi connectivity index (χ1) is 15.0. The molecule has 0 fully saturated rings. The van der Waals surface area contributed by atoms with Gasteiger partial charge in [0.05, 0.1) is 0 Å². The van der Waals surface area contributed by atoms with Crippen LogP contribution in [0.25, 0.3) is 0 Å². The van der Waals surface area contributed by atoms with Gasteiger partial charge < -0.3 is 5.32 Å². The first-order valence-corrected chi connectivity index (χ1v) is 11.9. The molecule has 0 aliphatic rings. The summed E-state index contributed by atoms with van der Waals surface area (Å²) in [6, 6.07) is 17.7. The smallest absolute Gasteiger partial charge is 0.255 e. The van der Waals surface area contributed by atoms with Gasteiger partial charge >= 0.3 is 0 Å². The Hall–Kier alpha value is -2.66. The lowest BCUT2D eigenvalue weighted by atomic mass is 10.0. The fourth-order valence-corrected chi connectivity index (χ4v) is 4.27. The van der Waals surface area contributed by atoms with Crippen LogP contribution in [0.5, 0.6) is 0 Å². The van der Waals surface area contributed by atoms with Crippen LogP contribution in [0.4, 0.5) is 5.69 Å². The molecule has 0 spiro atoms. The molecule has 31 heavy (non-hydrogen) atoms. The summed E-state index contributed by atoms with van der Waals surface area (Å²) in [6.07, 6.45) is 7.47. The zero-order chi connectivity index (χ0) is 22.1. The van der Waals surface area contributed by atoms with Gasteiger partial charge in [0.1, 0.15) is 0 Å². The van der Waals surface area contributed by atoms with Crippen LogP contribution < -0.4 is 5.32 Å². The van der Waals surface area contributed by atoms with E-state index < -0.39 is 0 Å². The predicted molar refractivity (Wildman–Crippen MR) is 129 cm³/mol. The molecule has 4 nitrogen and oxygen atoms in total.